The molecule has 0 bridgehead atoms. The van der Waals surface area contributed by atoms with Crippen molar-refractivity contribution >= 4 is 33.3 Å². The van der Waals surface area contributed by atoms with Crippen molar-refractivity contribution in [3.8, 4) is 22.5 Å². The fourth-order valence-corrected chi connectivity index (χ4v) is 2.84. The average Bonchev–Trinajstić information content (AvgIpc) is 2.83. The maximum atomic E-state index is 6.19. The van der Waals surface area contributed by atoms with Gasteiger partial charge in [0.2, 0.25) is 0 Å². The second-order valence-corrected chi connectivity index (χ2v) is 6.02. The Morgan fingerprint density at radius 1 is 1.19 bits per heavy atom. The molecule has 0 aliphatic heterocycles. The van der Waals surface area contributed by atoms with Crippen LogP contribution < -0.4 is 5.73 Å². The Morgan fingerprint density at radius 3 is 2.71 bits per heavy atom. The number of rotatable bonds is 2. The van der Waals surface area contributed by atoms with Gasteiger partial charge in [0.25, 0.3) is 0 Å². The zero-order valence-electron chi connectivity index (χ0n) is 11.2. The molecule has 0 radical (unpaired) electrons. The first-order valence-corrected chi connectivity index (χ1v) is 7.51. The molecule has 0 atom stereocenters. The van der Waals surface area contributed by atoms with Crippen molar-refractivity contribution in [2.24, 2.45) is 0 Å². The van der Waals surface area contributed by atoms with Crippen LogP contribution >= 0.6 is 27.5 Å². The topological polar surface area (TPSA) is 52.0 Å². The predicted molar refractivity (Wildman–Crippen MR) is 89.2 cm³/mol. The van der Waals surface area contributed by atoms with E-state index in [0.717, 1.165) is 26.7 Å². The summed E-state index contributed by atoms with van der Waals surface area (Å²) >= 11 is 9.66. The summed E-state index contributed by atoms with van der Waals surface area (Å²) in [5, 5.41) is 4.60. The number of aromatic nitrogens is 1. The summed E-state index contributed by atoms with van der Waals surface area (Å²) in [4.78, 5) is 0. The maximum Gasteiger partial charge on any atom is 0.177 e. The van der Waals surface area contributed by atoms with Gasteiger partial charge >= 0.3 is 0 Å². The molecule has 0 aliphatic rings. The van der Waals surface area contributed by atoms with E-state index < -0.39 is 0 Å². The van der Waals surface area contributed by atoms with Gasteiger partial charge in [-0.25, -0.2) is 0 Å². The molecule has 2 aromatic carbocycles. The minimum Gasteiger partial charge on any atom is -0.380 e. The summed E-state index contributed by atoms with van der Waals surface area (Å²) in [6.45, 7) is 1.95. The second-order valence-electron chi connectivity index (χ2n) is 4.69. The molecule has 0 amide bonds. The van der Waals surface area contributed by atoms with Crippen LogP contribution in [0.5, 0.6) is 0 Å². The number of nitrogens with two attached hydrogens (primary N) is 1. The molecule has 0 fully saturated rings. The first kappa shape index (κ1) is 14.2. The van der Waals surface area contributed by atoms with E-state index in [1.54, 1.807) is 0 Å². The van der Waals surface area contributed by atoms with E-state index in [1.165, 1.54) is 0 Å². The van der Waals surface area contributed by atoms with E-state index in [-0.39, 0.29) is 0 Å². The van der Waals surface area contributed by atoms with Crippen LogP contribution in [-0.4, -0.2) is 5.16 Å². The van der Waals surface area contributed by atoms with Crippen LogP contribution in [0.1, 0.15) is 5.56 Å². The minimum absolute atomic E-state index is 0.363. The highest BCUT2D eigenvalue weighted by molar-refractivity contribution is 9.10. The van der Waals surface area contributed by atoms with Crippen LogP contribution in [0.25, 0.3) is 22.5 Å². The number of anilines is 1. The quantitative estimate of drug-likeness (QED) is 0.671. The van der Waals surface area contributed by atoms with E-state index in [2.05, 4.69) is 21.1 Å². The first-order valence-electron chi connectivity index (χ1n) is 6.34. The van der Waals surface area contributed by atoms with Gasteiger partial charge in [-0.15, -0.1) is 0 Å². The van der Waals surface area contributed by atoms with Crippen LogP contribution in [0.2, 0.25) is 5.02 Å². The lowest BCUT2D eigenvalue weighted by Gasteiger charge is -2.07. The summed E-state index contributed by atoms with van der Waals surface area (Å²) < 4.78 is 6.43. The average molecular weight is 364 g/mol. The molecule has 0 spiro atoms. The summed E-state index contributed by atoms with van der Waals surface area (Å²) in [5.41, 5.74) is 9.54. The lowest BCUT2D eigenvalue weighted by Crippen LogP contribution is -1.90. The van der Waals surface area contributed by atoms with Crippen LogP contribution in [0.3, 0.4) is 0 Å². The van der Waals surface area contributed by atoms with E-state index >= 15 is 0 Å². The molecule has 0 saturated heterocycles. The van der Waals surface area contributed by atoms with Gasteiger partial charge in [-0.2, -0.15) is 0 Å². The van der Waals surface area contributed by atoms with Crippen molar-refractivity contribution in [3.63, 3.8) is 0 Å². The largest absolute Gasteiger partial charge is 0.380 e. The van der Waals surface area contributed by atoms with Crippen molar-refractivity contribution < 1.29 is 4.52 Å². The van der Waals surface area contributed by atoms with E-state index in [4.69, 9.17) is 21.9 Å². The molecular formula is C16H12BrClN2O. The van der Waals surface area contributed by atoms with Crippen LogP contribution in [0.15, 0.2) is 51.5 Å². The van der Waals surface area contributed by atoms with Gasteiger partial charge in [-0.3, -0.25) is 0 Å². The number of halogens is 2. The maximum absolute atomic E-state index is 6.19. The summed E-state index contributed by atoms with van der Waals surface area (Å²) in [7, 11) is 0. The molecule has 1 aromatic heterocycles. The van der Waals surface area contributed by atoms with Gasteiger partial charge in [0, 0.05) is 15.1 Å². The normalized spacial score (nSPS) is 10.8. The fraction of sp³-hybridized carbons (Fsp3) is 0.0625. The molecule has 1 heterocycles. The van der Waals surface area contributed by atoms with Crippen molar-refractivity contribution in [2.75, 3.05) is 5.73 Å². The predicted octanol–water partition coefficient (Wildman–Crippen LogP) is 5.32. The molecule has 0 saturated carbocycles. The lowest BCUT2D eigenvalue weighted by atomic mass is 9.99. The standard InChI is InChI=1S/C16H12BrClN2O/c1-9-12(6-3-7-13(9)18)15-14(16(19)20-21-15)10-4-2-5-11(17)8-10/h2-8H,1H3,(H2,19,20). The summed E-state index contributed by atoms with van der Waals surface area (Å²) in [6.07, 6.45) is 0. The van der Waals surface area contributed by atoms with Crippen LogP contribution in [0.4, 0.5) is 5.82 Å². The van der Waals surface area contributed by atoms with Gasteiger partial charge < -0.3 is 10.3 Å². The zero-order chi connectivity index (χ0) is 15.0. The Labute approximate surface area is 135 Å². The number of hydrogen-bond acceptors (Lipinski definition) is 3. The highest BCUT2D eigenvalue weighted by Crippen LogP contribution is 2.39. The van der Waals surface area contributed by atoms with Crippen molar-refractivity contribution in [2.45, 2.75) is 6.92 Å². The molecule has 3 rings (SSSR count). The molecule has 21 heavy (non-hydrogen) atoms. The van der Waals surface area contributed by atoms with Gasteiger partial charge in [0.05, 0.1) is 5.56 Å². The monoisotopic (exact) mass is 362 g/mol. The Morgan fingerprint density at radius 2 is 1.95 bits per heavy atom. The van der Waals surface area contributed by atoms with Gasteiger partial charge in [0.1, 0.15) is 0 Å². The fourth-order valence-electron chi connectivity index (χ4n) is 2.26. The van der Waals surface area contributed by atoms with Gasteiger partial charge in [-0.1, -0.05) is 57.0 Å². The lowest BCUT2D eigenvalue weighted by molar-refractivity contribution is 0.436. The summed E-state index contributed by atoms with van der Waals surface area (Å²) in [6, 6.07) is 13.5. The molecule has 3 nitrogen and oxygen atoms in total. The van der Waals surface area contributed by atoms with Crippen molar-refractivity contribution in [1.29, 1.82) is 0 Å². The first-order chi connectivity index (χ1) is 10.1. The molecule has 106 valence electrons. The molecule has 2 N–H and O–H groups in total. The van der Waals surface area contributed by atoms with E-state index in [9.17, 15) is 0 Å². The number of benzene rings is 2. The van der Waals surface area contributed by atoms with E-state index in [0.29, 0.717) is 16.6 Å². The molecule has 0 unspecified atom stereocenters. The number of hydrogen-bond donors (Lipinski definition) is 1. The van der Waals surface area contributed by atoms with Crippen molar-refractivity contribution in [1.82, 2.24) is 5.16 Å². The third-order valence-corrected chi connectivity index (χ3v) is 4.25. The highest BCUT2D eigenvalue weighted by Gasteiger charge is 2.19. The Bertz CT molecular complexity index is 814. The van der Waals surface area contributed by atoms with Gasteiger partial charge in [0.15, 0.2) is 11.6 Å². The van der Waals surface area contributed by atoms with Gasteiger partial charge in [-0.05, 0) is 36.2 Å². The van der Waals surface area contributed by atoms with Crippen LogP contribution in [-0.2, 0) is 0 Å². The SMILES string of the molecule is Cc1c(Cl)cccc1-c1onc(N)c1-c1cccc(Br)c1. The molecule has 5 heteroatoms. The van der Waals surface area contributed by atoms with Crippen LogP contribution in [0, 0.1) is 6.92 Å². The van der Waals surface area contributed by atoms with E-state index in [1.807, 2.05) is 49.4 Å². The smallest absolute Gasteiger partial charge is 0.177 e. The minimum atomic E-state index is 0.363. The third-order valence-electron chi connectivity index (χ3n) is 3.34. The molecular weight excluding hydrogens is 352 g/mol. The number of nitrogens with zero attached hydrogens (tertiary/aromatic N) is 1. The second kappa shape index (κ2) is 5.54. The highest BCUT2D eigenvalue weighted by atomic mass is 79.9. The molecule has 3 aromatic rings. The molecule has 0 aliphatic carbocycles. The Kier molecular flexibility index (Phi) is 3.74. The Balaban J connectivity index is 2.24. The Hall–Kier alpha value is -1.78. The third kappa shape index (κ3) is 2.57. The van der Waals surface area contributed by atoms with Crippen molar-refractivity contribution in [3.05, 3.63) is 57.5 Å². The number of nitrogen functional groups attached to an aromatic ring is 1. The summed E-state index contributed by atoms with van der Waals surface area (Å²) in [5.74, 6) is 0.994. The zero-order valence-corrected chi connectivity index (χ0v) is 13.6.